The SMILES string of the molecule is CN1CCN(C(=O)CN2C(=O)COc3ccc([N+](=O)[O-])cc32)[C@@H](c2ccccc2)C1. The van der Waals surface area contributed by atoms with Crippen LogP contribution in [0.5, 0.6) is 5.75 Å². The summed E-state index contributed by atoms with van der Waals surface area (Å²) in [5.74, 6) is -0.252. The van der Waals surface area contributed by atoms with Gasteiger partial charge >= 0.3 is 0 Å². The Morgan fingerprint density at radius 3 is 2.70 bits per heavy atom. The summed E-state index contributed by atoms with van der Waals surface area (Å²) in [4.78, 5) is 41.6. The van der Waals surface area contributed by atoms with Crippen molar-refractivity contribution in [3.63, 3.8) is 0 Å². The van der Waals surface area contributed by atoms with Crippen molar-refractivity contribution in [2.24, 2.45) is 0 Å². The van der Waals surface area contributed by atoms with Crippen LogP contribution in [0.1, 0.15) is 11.6 Å². The number of anilines is 1. The summed E-state index contributed by atoms with van der Waals surface area (Å²) in [6.07, 6.45) is 0. The Labute approximate surface area is 173 Å². The number of likely N-dealkylation sites (N-methyl/N-ethyl adjacent to an activating group) is 1. The quantitative estimate of drug-likeness (QED) is 0.564. The topological polar surface area (TPSA) is 96.2 Å². The van der Waals surface area contributed by atoms with Crippen molar-refractivity contribution in [1.29, 1.82) is 0 Å². The first-order valence-corrected chi connectivity index (χ1v) is 9.68. The van der Waals surface area contributed by atoms with Crippen LogP contribution in [0.2, 0.25) is 0 Å². The monoisotopic (exact) mass is 410 g/mol. The average molecular weight is 410 g/mol. The van der Waals surface area contributed by atoms with Crippen LogP contribution < -0.4 is 9.64 Å². The number of nitrogens with zero attached hydrogens (tertiary/aromatic N) is 4. The van der Waals surface area contributed by atoms with Crippen LogP contribution in [-0.2, 0) is 9.59 Å². The summed E-state index contributed by atoms with van der Waals surface area (Å²) in [5.41, 5.74) is 1.12. The molecule has 0 spiro atoms. The lowest BCUT2D eigenvalue weighted by atomic mass is 10.0. The van der Waals surface area contributed by atoms with Gasteiger partial charge in [0.1, 0.15) is 12.3 Å². The lowest BCUT2D eigenvalue weighted by molar-refractivity contribution is -0.384. The van der Waals surface area contributed by atoms with Crippen LogP contribution in [0.15, 0.2) is 48.5 Å². The fraction of sp³-hybridized carbons (Fsp3) is 0.333. The van der Waals surface area contributed by atoms with Gasteiger partial charge in [-0.3, -0.25) is 24.6 Å². The van der Waals surface area contributed by atoms with Gasteiger partial charge in [-0.2, -0.15) is 0 Å². The Balaban J connectivity index is 1.60. The number of hydrogen-bond donors (Lipinski definition) is 0. The largest absolute Gasteiger partial charge is 0.482 e. The molecule has 4 rings (SSSR count). The van der Waals surface area contributed by atoms with E-state index in [0.717, 1.165) is 12.1 Å². The Morgan fingerprint density at radius 2 is 1.97 bits per heavy atom. The van der Waals surface area contributed by atoms with Crippen molar-refractivity contribution in [1.82, 2.24) is 9.80 Å². The van der Waals surface area contributed by atoms with E-state index in [2.05, 4.69) is 4.90 Å². The zero-order chi connectivity index (χ0) is 21.3. The minimum atomic E-state index is -0.536. The maximum absolute atomic E-state index is 13.3. The third-order valence-corrected chi connectivity index (χ3v) is 5.48. The van der Waals surface area contributed by atoms with Crippen molar-refractivity contribution in [3.8, 4) is 5.75 Å². The molecule has 0 aromatic heterocycles. The van der Waals surface area contributed by atoms with Gasteiger partial charge in [0.05, 0.1) is 16.7 Å². The van der Waals surface area contributed by atoms with Gasteiger partial charge in [0, 0.05) is 31.8 Å². The molecule has 0 radical (unpaired) electrons. The normalized spacial score (nSPS) is 19.2. The molecule has 9 nitrogen and oxygen atoms in total. The third kappa shape index (κ3) is 3.84. The van der Waals surface area contributed by atoms with E-state index in [9.17, 15) is 19.7 Å². The summed E-state index contributed by atoms with van der Waals surface area (Å²) in [6, 6.07) is 13.7. The molecule has 0 N–H and O–H groups in total. The Morgan fingerprint density at radius 1 is 1.20 bits per heavy atom. The van der Waals surface area contributed by atoms with Crippen LogP contribution in [0.4, 0.5) is 11.4 Å². The van der Waals surface area contributed by atoms with E-state index in [1.165, 1.54) is 23.1 Å². The van der Waals surface area contributed by atoms with E-state index in [0.29, 0.717) is 18.8 Å². The number of nitro benzene ring substituents is 1. The fourth-order valence-electron chi connectivity index (χ4n) is 3.88. The molecule has 2 heterocycles. The number of amides is 2. The van der Waals surface area contributed by atoms with Gasteiger partial charge in [0.15, 0.2) is 6.61 Å². The van der Waals surface area contributed by atoms with Crippen molar-refractivity contribution < 1.29 is 19.2 Å². The molecule has 0 bridgehead atoms. The first-order chi connectivity index (χ1) is 14.4. The van der Waals surface area contributed by atoms with Crippen LogP contribution in [0.25, 0.3) is 0 Å². The predicted molar refractivity (Wildman–Crippen MR) is 109 cm³/mol. The molecule has 1 atom stereocenters. The van der Waals surface area contributed by atoms with Gasteiger partial charge in [0.25, 0.3) is 11.6 Å². The maximum atomic E-state index is 13.3. The van der Waals surface area contributed by atoms with Crippen molar-refractivity contribution in [3.05, 3.63) is 64.2 Å². The number of carbonyl (C=O) groups excluding carboxylic acids is 2. The highest BCUT2D eigenvalue weighted by atomic mass is 16.6. The number of carbonyl (C=O) groups is 2. The van der Waals surface area contributed by atoms with E-state index in [1.54, 1.807) is 4.90 Å². The highest BCUT2D eigenvalue weighted by Gasteiger charge is 2.34. The number of fused-ring (bicyclic) bond motifs is 1. The van der Waals surface area contributed by atoms with Crippen LogP contribution in [0.3, 0.4) is 0 Å². The Hall–Kier alpha value is -3.46. The van der Waals surface area contributed by atoms with E-state index < -0.39 is 10.8 Å². The summed E-state index contributed by atoms with van der Waals surface area (Å²) in [6.45, 7) is 1.56. The number of rotatable bonds is 4. The zero-order valence-electron chi connectivity index (χ0n) is 16.6. The maximum Gasteiger partial charge on any atom is 0.271 e. The molecule has 2 amide bonds. The number of non-ortho nitro benzene ring substituents is 1. The highest BCUT2D eigenvalue weighted by molar-refractivity contribution is 6.02. The van der Waals surface area contributed by atoms with E-state index in [4.69, 9.17) is 4.74 Å². The summed E-state index contributed by atoms with van der Waals surface area (Å²) in [7, 11) is 2.01. The van der Waals surface area contributed by atoms with Crippen molar-refractivity contribution in [2.75, 3.05) is 44.7 Å². The molecule has 2 aliphatic rings. The standard InChI is InChI=1S/C21H22N4O5/c1-22-9-10-23(18(12-22)15-5-3-2-4-6-15)20(26)13-24-17-11-16(25(28)29)7-8-19(17)30-14-21(24)27/h2-8,11,18H,9-10,12-14H2,1H3/t18-/m1/s1. The average Bonchev–Trinajstić information content (AvgIpc) is 2.75. The third-order valence-electron chi connectivity index (χ3n) is 5.48. The first-order valence-electron chi connectivity index (χ1n) is 9.68. The van der Waals surface area contributed by atoms with Crippen molar-refractivity contribution >= 4 is 23.2 Å². The van der Waals surface area contributed by atoms with Gasteiger partial charge in [-0.1, -0.05) is 30.3 Å². The molecule has 0 aliphatic carbocycles. The van der Waals surface area contributed by atoms with Gasteiger partial charge < -0.3 is 14.5 Å². The minimum Gasteiger partial charge on any atom is -0.482 e. The molecular weight excluding hydrogens is 388 g/mol. The fourth-order valence-corrected chi connectivity index (χ4v) is 3.88. The zero-order valence-corrected chi connectivity index (χ0v) is 16.6. The molecule has 9 heteroatoms. The second-order valence-electron chi connectivity index (χ2n) is 7.45. The molecule has 0 saturated carbocycles. The molecular formula is C21H22N4O5. The molecule has 1 saturated heterocycles. The summed E-state index contributed by atoms with van der Waals surface area (Å²) >= 11 is 0. The van der Waals surface area contributed by atoms with E-state index in [-0.39, 0.29) is 36.5 Å². The van der Waals surface area contributed by atoms with Gasteiger partial charge in [-0.25, -0.2) is 0 Å². The lowest BCUT2D eigenvalue weighted by Gasteiger charge is -2.41. The van der Waals surface area contributed by atoms with Crippen LogP contribution in [0, 0.1) is 10.1 Å². The predicted octanol–water partition coefficient (Wildman–Crippen LogP) is 1.84. The second-order valence-corrected chi connectivity index (χ2v) is 7.45. The second kappa shape index (κ2) is 8.11. The molecule has 1 fully saturated rings. The number of hydrogen-bond acceptors (Lipinski definition) is 6. The molecule has 2 aliphatic heterocycles. The number of piperazine rings is 1. The Bertz CT molecular complexity index is 981. The lowest BCUT2D eigenvalue weighted by Crippen LogP contribution is -2.53. The van der Waals surface area contributed by atoms with Gasteiger partial charge in [-0.15, -0.1) is 0 Å². The van der Waals surface area contributed by atoms with Gasteiger partial charge in [-0.05, 0) is 18.7 Å². The van der Waals surface area contributed by atoms with Crippen LogP contribution in [-0.4, -0.2) is 66.4 Å². The minimum absolute atomic E-state index is 0.127. The van der Waals surface area contributed by atoms with E-state index in [1.807, 2.05) is 37.4 Å². The smallest absolute Gasteiger partial charge is 0.271 e. The van der Waals surface area contributed by atoms with Crippen molar-refractivity contribution in [2.45, 2.75) is 6.04 Å². The number of nitro groups is 1. The summed E-state index contributed by atoms with van der Waals surface area (Å²) < 4.78 is 5.39. The molecule has 2 aromatic rings. The molecule has 30 heavy (non-hydrogen) atoms. The summed E-state index contributed by atoms with van der Waals surface area (Å²) in [5, 5.41) is 11.2. The van der Waals surface area contributed by atoms with Crippen LogP contribution >= 0.6 is 0 Å². The highest BCUT2D eigenvalue weighted by Crippen LogP contribution is 2.35. The Kier molecular flexibility index (Phi) is 5.37. The van der Waals surface area contributed by atoms with Gasteiger partial charge in [0.2, 0.25) is 5.91 Å². The molecule has 0 unspecified atom stereocenters. The number of benzene rings is 2. The molecule has 2 aromatic carbocycles. The van der Waals surface area contributed by atoms with E-state index >= 15 is 0 Å². The first kappa shape index (κ1) is 19.8. The molecule has 156 valence electrons. The number of ether oxygens (including phenoxy) is 1.